The Morgan fingerprint density at radius 2 is 2.05 bits per heavy atom. The second-order valence-corrected chi connectivity index (χ2v) is 5.27. The first-order chi connectivity index (χ1) is 10.1. The fourth-order valence-corrected chi connectivity index (χ4v) is 2.70. The van der Waals surface area contributed by atoms with Crippen LogP contribution in [0.4, 0.5) is 5.69 Å². The molecule has 6 heteroatoms. The van der Waals surface area contributed by atoms with E-state index in [0.29, 0.717) is 23.6 Å². The summed E-state index contributed by atoms with van der Waals surface area (Å²) in [4.78, 5) is 26.2. The lowest BCUT2D eigenvalue weighted by molar-refractivity contribution is -0.133. The topological polar surface area (TPSA) is 67.9 Å². The number of hydrogen-bond acceptors (Lipinski definition) is 4. The van der Waals surface area contributed by atoms with E-state index < -0.39 is 12.1 Å². The summed E-state index contributed by atoms with van der Waals surface area (Å²) >= 11 is 0. The van der Waals surface area contributed by atoms with Crippen molar-refractivity contribution in [1.29, 1.82) is 0 Å². The van der Waals surface area contributed by atoms with E-state index in [1.807, 2.05) is 6.92 Å². The molecule has 0 radical (unpaired) electrons. The standard InChI is InChI=1S/C15H18N2O4/c1-3-4-11-15(19)17(9(2)14(18)16-11)10-5-6-12-13(7-10)21-8-20-12/h5-7,9,11H,3-4,8H2,1-2H3,(H,16,18). The third-order valence-corrected chi connectivity index (χ3v) is 3.83. The van der Waals surface area contributed by atoms with Gasteiger partial charge in [-0.1, -0.05) is 13.3 Å². The quantitative estimate of drug-likeness (QED) is 0.914. The second-order valence-electron chi connectivity index (χ2n) is 5.27. The van der Waals surface area contributed by atoms with Crippen LogP contribution in [-0.4, -0.2) is 30.7 Å². The molecule has 112 valence electrons. The number of ether oxygens (including phenoxy) is 2. The van der Waals surface area contributed by atoms with Crippen molar-refractivity contribution in [2.45, 2.75) is 38.8 Å². The lowest BCUT2D eigenvalue weighted by Gasteiger charge is -2.37. The van der Waals surface area contributed by atoms with Gasteiger partial charge in [0.25, 0.3) is 0 Å². The number of carbonyl (C=O) groups is 2. The van der Waals surface area contributed by atoms with E-state index in [0.717, 1.165) is 6.42 Å². The van der Waals surface area contributed by atoms with Crippen molar-refractivity contribution >= 4 is 17.5 Å². The van der Waals surface area contributed by atoms with Crippen molar-refractivity contribution in [3.05, 3.63) is 18.2 Å². The summed E-state index contributed by atoms with van der Waals surface area (Å²) in [7, 11) is 0. The van der Waals surface area contributed by atoms with Gasteiger partial charge >= 0.3 is 0 Å². The first-order valence-corrected chi connectivity index (χ1v) is 7.15. The van der Waals surface area contributed by atoms with Gasteiger partial charge in [0, 0.05) is 11.8 Å². The number of rotatable bonds is 3. The van der Waals surface area contributed by atoms with Crippen LogP contribution >= 0.6 is 0 Å². The lowest BCUT2D eigenvalue weighted by atomic mass is 10.0. The van der Waals surface area contributed by atoms with Crippen LogP contribution in [-0.2, 0) is 9.59 Å². The van der Waals surface area contributed by atoms with Gasteiger partial charge < -0.3 is 14.8 Å². The molecule has 0 bridgehead atoms. The molecule has 0 saturated carbocycles. The Hall–Kier alpha value is -2.24. The summed E-state index contributed by atoms with van der Waals surface area (Å²) in [6, 6.07) is 4.30. The summed E-state index contributed by atoms with van der Waals surface area (Å²) in [5.74, 6) is 1.05. The molecule has 2 aliphatic heterocycles. The number of nitrogens with zero attached hydrogens (tertiary/aromatic N) is 1. The summed E-state index contributed by atoms with van der Waals surface area (Å²) in [6.07, 6.45) is 1.47. The molecule has 21 heavy (non-hydrogen) atoms. The molecule has 2 aliphatic rings. The zero-order valence-electron chi connectivity index (χ0n) is 12.1. The molecule has 2 unspecified atom stereocenters. The number of carbonyl (C=O) groups excluding carboxylic acids is 2. The van der Waals surface area contributed by atoms with Crippen LogP contribution in [0.15, 0.2) is 18.2 Å². The van der Waals surface area contributed by atoms with Crippen molar-refractivity contribution in [3.63, 3.8) is 0 Å². The average Bonchev–Trinajstić information content (AvgIpc) is 2.93. The minimum Gasteiger partial charge on any atom is -0.454 e. The lowest BCUT2D eigenvalue weighted by Crippen LogP contribution is -2.62. The van der Waals surface area contributed by atoms with E-state index in [-0.39, 0.29) is 18.6 Å². The number of hydrogen-bond donors (Lipinski definition) is 1. The van der Waals surface area contributed by atoms with Gasteiger partial charge in [-0.15, -0.1) is 0 Å². The summed E-state index contributed by atoms with van der Waals surface area (Å²) in [5.41, 5.74) is 0.660. The Labute approximate surface area is 123 Å². The predicted molar refractivity (Wildman–Crippen MR) is 76.4 cm³/mol. The zero-order chi connectivity index (χ0) is 15.0. The molecule has 1 aromatic rings. The van der Waals surface area contributed by atoms with Crippen LogP contribution in [0.2, 0.25) is 0 Å². The highest BCUT2D eigenvalue weighted by molar-refractivity contribution is 6.08. The Kier molecular flexibility index (Phi) is 3.45. The molecule has 1 saturated heterocycles. The largest absolute Gasteiger partial charge is 0.454 e. The maximum absolute atomic E-state index is 12.6. The van der Waals surface area contributed by atoms with E-state index in [9.17, 15) is 9.59 Å². The SMILES string of the molecule is CCCC1NC(=O)C(C)N(c2ccc3c(c2)OCO3)C1=O. The third kappa shape index (κ3) is 2.30. The van der Waals surface area contributed by atoms with E-state index >= 15 is 0 Å². The van der Waals surface area contributed by atoms with Gasteiger partial charge in [-0.3, -0.25) is 14.5 Å². The van der Waals surface area contributed by atoms with E-state index in [4.69, 9.17) is 9.47 Å². The number of piperazine rings is 1. The molecule has 0 spiro atoms. The van der Waals surface area contributed by atoms with E-state index in [2.05, 4.69) is 5.32 Å². The molecular weight excluding hydrogens is 272 g/mol. The first-order valence-electron chi connectivity index (χ1n) is 7.15. The fourth-order valence-electron chi connectivity index (χ4n) is 2.70. The molecule has 2 atom stereocenters. The highest BCUT2D eigenvalue weighted by Crippen LogP contribution is 2.36. The van der Waals surface area contributed by atoms with Crippen LogP contribution in [0, 0.1) is 0 Å². The van der Waals surface area contributed by atoms with Gasteiger partial charge in [0.2, 0.25) is 18.6 Å². The molecule has 1 aromatic carbocycles. The monoisotopic (exact) mass is 290 g/mol. The Balaban J connectivity index is 1.94. The maximum Gasteiger partial charge on any atom is 0.250 e. The molecule has 6 nitrogen and oxygen atoms in total. The van der Waals surface area contributed by atoms with Crippen molar-refractivity contribution in [2.75, 3.05) is 11.7 Å². The van der Waals surface area contributed by atoms with Gasteiger partial charge in [0.1, 0.15) is 12.1 Å². The van der Waals surface area contributed by atoms with Crippen molar-refractivity contribution < 1.29 is 19.1 Å². The highest BCUT2D eigenvalue weighted by Gasteiger charge is 2.38. The minimum absolute atomic E-state index is 0.0807. The Bertz CT molecular complexity index is 587. The number of benzene rings is 1. The Morgan fingerprint density at radius 3 is 2.81 bits per heavy atom. The van der Waals surface area contributed by atoms with Crippen LogP contribution in [0.1, 0.15) is 26.7 Å². The number of fused-ring (bicyclic) bond motifs is 1. The summed E-state index contributed by atoms with van der Waals surface area (Å²) < 4.78 is 10.6. The van der Waals surface area contributed by atoms with Crippen molar-refractivity contribution in [1.82, 2.24) is 5.32 Å². The van der Waals surface area contributed by atoms with Crippen LogP contribution < -0.4 is 19.7 Å². The third-order valence-electron chi connectivity index (χ3n) is 3.83. The van der Waals surface area contributed by atoms with Crippen LogP contribution in [0.25, 0.3) is 0 Å². The normalized spacial score (nSPS) is 24.2. The molecule has 3 rings (SSSR count). The molecule has 2 amide bonds. The molecule has 0 aliphatic carbocycles. The van der Waals surface area contributed by atoms with Crippen molar-refractivity contribution in [3.8, 4) is 11.5 Å². The zero-order valence-corrected chi connectivity index (χ0v) is 12.1. The number of anilines is 1. The average molecular weight is 290 g/mol. The van der Waals surface area contributed by atoms with E-state index in [1.54, 1.807) is 30.0 Å². The fraction of sp³-hybridized carbons (Fsp3) is 0.467. The smallest absolute Gasteiger partial charge is 0.250 e. The second kappa shape index (κ2) is 5.27. The van der Waals surface area contributed by atoms with Gasteiger partial charge in [-0.05, 0) is 25.5 Å². The summed E-state index contributed by atoms with van der Waals surface area (Å²) in [5, 5.41) is 2.78. The highest BCUT2D eigenvalue weighted by atomic mass is 16.7. The number of nitrogens with one attached hydrogen (secondary N) is 1. The minimum atomic E-state index is -0.536. The van der Waals surface area contributed by atoms with Gasteiger partial charge in [0.15, 0.2) is 11.5 Å². The predicted octanol–water partition coefficient (Wildman–Crippen LogP) is 1.44. The first kappa shape index (κ1) is 13.7. The molecule has 0 aromatic heterocycles. The Morgan fingerprint density at radius 1 is 1.29 bits per heavy atom. The maximum atomic E-state index is 12.6. The van der Waals surface area contributed by atoms with Gasteiger partial charge in [-0.2, -0.15) is 0 Å². The number of amides is 2. The van der Waals surface area contributed by atoms with Crippen LogP contribution in [0.5, 0.6) is 11.5 Å². The van der Waals surface area contributed by atoms with Gasteiger partial charge in [0.05, 0.1) is 0 Å². The van der Waals surface area contributed by atoms with Crippen LogP contribution in [0.3, 0.4) is 0 Å². The molecule has 1 fully saturated rings. The van der Waals surface area contributed by atoms with Crippen molar-refractivity contribution in [2.24, 2.45) is 0 Å². The molecule has 1 N–H and O–H groups in total. The molecule has 2 heterocycles. The summed E-state index contributed by atoms with van der Waals surface area (Å²) in [6.45, 7) is 3.89. The van der Waals surface area contributed by atoms with Gasteiger partial charge in [-0.25, -0.2) is 0 Å². The molecular formula is C15H18N2O4. The van der Waals surface area contributed by atoms with E-state index in [1.165, 1.54) is 0 Å².